The second kappa shape index (κ2) is 30.6. The molecule has 0 radical (unpaired) electrons. The molecule has 0 aliphatic carbocycles. The SMILES string of the molecule is C.C.NCCC1COC1.O=C(CCCC1COC1)c1noc2c1CN(c1ncnc3[nH]ccc13)CC2.O=C(O)c1noc2c1CN(c1ncnc3[nH]ccc13)CC2.O=C1COC1.[C-]#[N+]C=C1COC1.[C-]#[N+]CP(C)(=O)OCC. The van der Waals surface area contributed by atoms with Crippen molar-refractivity contribution in [2.45, 2.75) is 73.4 Å². The zero-order valence-corrected chi connectivity index (χ0v) is 43.4. The summed E-state index contributed by atoms with van der Waals surface area (Å²) in [6, 6.07) is 3.88. The van der Waals surface area contributed by atoms with Crippen LogP contribution in [-0.2, 0) is 58.8 Å². The molecule has 6 aromatic heterocycles. The number of carbonyl (C=O) groups excluding carboxylic acids is 2. The molecule has 6 aliphatic rings. The van der Waals surface area contributed by atoms with E-state index < -0.39 is 13.3 Å². The Hall–Kier alpha value is -7.22. The molecule has 0 spiro atoms. The van der Waals surface area contributed by atoms with Crippen LogP contribution in [0.5, 0.6) is 0 Å². The number of carboxylic acid groups (broad SMARTS) is 1. The van der Waals surface area contributed by atoms with E-state index in [2.05, 4.69) is 59.5 Å². The molecular formula is C52H70N13O12P. The Morgan fingerprint density at radius 1 is 0.821 bits per heavy atom. The molecule has 4 saturated heterocycles. The second-order valence-electron chi connectivity index (χ2n) is 18.3. The van der Waals surface area contributed by atoms with Crippen LogP contribution in [0.15, 0.2) is 58.0 Å². The number of hydrogen-bond donors (Lipinski definition) is 4. The number of aromatic nitrogens is 8. The van der Waals surface area contributed by atoms with Crippen molar-refractivity contribution in [1.29, 1.82) is 0 Å². The van der Waals surface area contributed by atoms with Crippen LogP contribution in [-0.4, -0.2) is 155 Å². The second-order valence-corrected chi connectivity index (χ2v) is 20.8. The van der Waals surface area contributed by atoms with Gasteiger partial charge in [-0.25, -0.2) is 36.1 Å². The lowest BCUT2D eigenvalue weighted by Gasteiger charge is -2.27. The first-order chi connectivity index (χ1) is 36.9. The molecule has 6 aromatic rings. The van der Waals surface area contributed by atoms with Crippen molar-refractivity contribution >= 4 is 58.6 Å². The number of aromatic amines is 2. The summed E-state index contributed by atoms with van der Waals surface area (Å²) < 4.78 is 45.7. The van der Waals surface area contributed by atoms with Gasteiger partial charge < -0.3 is 68.0 Å². The number of nitrogens with zero attached hydrogens (tertiary/aromatic N) is 10. The van der Waals surface area contributed by atoms with Crippen molar-refractivity contribution in [2.24, 2.45) is 17.6 Å². The summed E-state index contributed by atoms with van der Waals surface area (Å²) in [5.41, 5.74) is 9.95. The molecule has 1 unspecified atom stereocenters. The number of H-pyrrole nitrogens is 2. The summed E-state index contributed by atoms with van der Waals surface area (Å²) in [4.78, 5) is 67.2. The van der Waals surface area contributed by atoms with Gasteiger partial charge in [-0.15, -0.1) is 0 Å². The number of fused-ring (bicyclic) bond motifs is 4. The predicted octanol–water partition coefficient (Wildman–Crippen LogP) is 7.18. The molecule has 26 heteroatoms. The average molecular weight is 1100 g/mol. The maximum atomic E-state index is 12.7. The Morgan fingerprint density at radius 3 is 1.73 bits per heavy atom. The van der Waals surface area contributed by atoms with E-state index in [1.54, 1.807) is 19.4 Å². The van der Waals surface area contributed by atoms with Gasteiger partial charge in [0.15, 0.2) is 29.2 Å². The number of ether oxygens (including phenoxy) is 4. The Kier molecular flexibility index (Phi) is 24.2. The number of carboxylic acids is 1. The quantitative estimate of drug-likeness (QED) is 0.0505. The summed E-state index contributed by atoms with van der Waals surface area (Å²) in [5.74, 6) is 3.72. The van der Waals surface area contributed by atoms with Crippen molar-refractivity contribution in [3.05, 3.63) is 106 Å². The van der Waals surface area contributed by atoms with Crippen LogP contribution in [0.2, 0.25) is 0 Å². The van der Waals surface area contributed by atoms with Crippen molar-refractivity contribution in [2.75, 3.05) is 102 Å². The van der Waals surface area contributed by atoms with Crippen LogP contribution >= 0.6 is 7.37 Å². The van der Waals surface area contributed by atoms with Gasteiger partial charge in [0.05, 0.1) is 76.7 Å². The first-order valence-corrected chi connectivity index (χ1v) is 27.1. The van der Waals surface area contributed by atoms with Crippen LogP contribution in [0.1, 0.15) is 91.1 Å². The normalized spacial score (nSPS) is 16.6. The highest BCUT2D eigenvalue weighted by molar-refractivity contribution is 7.58. The van der Waals surface area contributed by atoms with Crippen LogP contribution in [0.25, 0.3) is 31.8 Å². The summed E-state index contributed by atoms with van der Waals surface area (Å²) in [6.45, 7) is 25.3. The first-order valence-electron chi connectivity index (χ1n) is 24.8. The lowest BCUT2D eigenvalue weighted by molar-refractivity contribution is -0.140. The van der Waals surface area contributed by atoms with E-state index in [1.165, 1.54) is 19.2 Å². The van der Waals surface area contributed by atoms with Gasteiger partial charge in [-0.1, -0.05) is 25.2 Å². The maximum Gasteiger partial charge on any atom is 0.358 e. The standard InChI is InChI=1S/C19H21N5O3.C13H11N5O3.C5H10NO2P.C5H5NO.C5H11NO.C3H4O2.2CH4/c25-15(3-1-2-12-9-26-10-12)17-14-8-24(7-5-16(14)27-23-17)19-13-4-6-20-18(13)21-11-22-19;19-13(20)10-8-5-18(4-2-9(8)21-17-10)12-7-1-3-14-11(7)15-6-16-12;1-4-8-9(3,7)5-6-2;1-6-2-5-3-7-4-5;6-2-1-5-3-7-4-5;4-3-1-5-2-3;;/h4,6,11-12H,1-3,5,7-10H2,(H,20,21,22);1,3,6H,2,4-5H2,(H,19,20)(H,14,15,16);4-5H2,1,3H3;2H,3-4H2;5H,1-4,6H2;1-2H2;2*1H4. The maximum absolute atomic E-state index is 12.7. The molecule has 0 aromatic carbocycles. The molecule has 6 aliphatic heterocycles. The number of carbonyl (C=O) groups is 3. The summed E-state index contributed by atoms with van der Waals surface area (Å²) in [5, 5.41) is 18.8. The summed E-state index contributed by atoms with van der Waals surface area (Å²) in [6.07, 6.45) is 13.1. The average Bonchev–Trinajstić information content (AvgIpc) is 4.23. The molecule has 0 bridgehead atoms. The number of Topliss-reactive ketones (excluding diaryl/α,β-unsaturated/α-hetero) is 2. The Bertz CT molecular complexity index is 3050. The van der Waals surface area contributed by atoms with Gasteiger partial charge in [-0.3, -0.25) is 14.2 Å². The molecule has 1 atom stereocenters. The van der Waals surface area contributed by atoms with Crippen LogP contribution in [0, 0.1) is 25.0 Å². The van der Waals surface area contributed by atoms with E-state index >= 15 is 0 Å². The molecule has 12 rings (SSSR count). The highest BCUT2D eigenvalue weighted by Crippen LogP contribution is 2.42. The molecule has 420 valence electrons. The minimum Gasteiger partial charge on any atom is -0.476 e. The van der Waals surface area contributed by atoms with E-state index in [-0.39, 0.29) is 38.4 Å². The van der Waals surface area contributed by atoms with Gasteiger partial charge in [-0.05, 0) is 50.4 Å². The largest absolute Gasteiger partial charge is 0.476 e. The lowest BCUT2D eigenvalue weighted by Crippen LogP contribution is -2.31. The zero-order chi connectivity index (χ0) is 53.9. The Labute approximate surface area is 452 Å². The van der Waals surface area contributed by atoms with Crippen LogP contribution in [0.3, 0.4) is 0 Å². The first kappa shape index (κ1) is 61.6. The Morgan fingerprint density at radius 2 is 1.33 bits per heavy atom. The predicted molar refractivity (Wildman–Crippen MR) is 289 cm³/mol. The number of hydrogen-bond acceptors (Lipinski definition) is 20. The molecule has 25 nitrogen and oxygen atoms in total. The van der Waals surface area contributed by atoms with Gasteiger partial charge in [0.1, 0.15) is 60.3 Å². The fraction of sp³-hybridized carbons (Fsp3) is 0.519. The summed E-state index contributed by atoms with van der Waals surface area (Å²) in [7, 11) is -2.55. The van der Waals surface area contributed by atoms with Crippen molar-refractivity contribution in [1.82, 2.24) is 40.2 Å². The van der Waals surface area contributed by atoms with E-state index in [0.717, 1.165) is 115 Å². The van der Waals surface area contributed by atoms with E-state index in [9.17, 15) is 18.9 Å². The molecule has 0 saturated carbocycles. The van der Waals surface area contributed by atoms with Crippen LogP contribution < -0.4 is 15.5 Å². The summed E-state index contributed by atoms with van der Waals surface area (Å²) >= 11 is 0. The topological polar surface area (TPSA) is 311 Å². The number of aromatic carboxylic acids is 1. The molecular weight excluding hydrogens is 1030 g/mol. The molecule has 12 heterocycles. The zero-order valence-electron chi connectivity index (χ0n) is 42.5. The van der Waals surface area contributed by atoms with Gasteiger partial charge >= 0.3 is 5.97 Å². The molecule has 0 amide bonds. The van der Waals surface area contributed by atoms with Gasteiger partial charge in [0.25, 0.3) is 13.7 Å². The van der Waals surface area contributed by atoms with E-state index in [0.29, 0.717) is 94.9 Å². The van der Waals surface area contributed by atoms with E-state index in [1.807, 2.05) is 23.2 Å². The fourth-order valence-electron chi connectivity index (χ4n) is 8.21. The van der Waals surface area contributed by atoms with Gasteiger partial charge in [-0.2, -0.15) is 0 Å². The molecule has 4 fully saturated rings. The minimum atomic E-state index is -2.55. The van der Waals surface area contributed by atoms with Crippen molar-refractivity contribution in [3.8, 4) is 0 Å². The highest BCUT2D eigenvalue weighted by Gasteiger charge is 2.31. The van der Waals surface area contributed by atoms with Crippen molar-refractivity contribution in [3.63, 3.8) is 0 Å². The minimum absolute atomic E-state index is 0. The van der Waals surface area contributed by atoms with Gasteiger partial charge in [0.2, 0.25) is 0 Å². The highest BCUT2D eigenvalue weighted by atomic mass is 31.2. The lowest BCUT2D eigenvalue weighted by atomic mass is 9.97. The van der Waals surface area contributed by atoms with Crippen LogP contribution in [0.4, 0.5) is 11.6 Å². The smallest absolute Gasteiger partial charge is 0.358 e. The Balaban J connectivity index is 0.000000193. The number of nitrogens with one attached hydrogen (secondary N) is 2. The van der Waals surface area contributed by atoms with Gasteiger partial charge in [0, 0.05) is 74.4 Å². The number of ketones is 2. The third kappa shape index (κ3) is 16.9. The van der Waals surface area contributed by atoms with Crippen molar-refractivity contribution < 1.29 is 56.6 Å². The number of rotatable bonds is 13. The molecule has 78 heavy (non-hydrogen) atoms. The number of nitrogens with two attached hydrogens (primary N) is 1. The molecule has 5 N–H and O–H groups in total. The number of anilines is 2. The van der Waals surface area contributed by atoms with E-state index in [4.69, 9.17) is 51.8 Å². The fourth-order valence-corrected chi connectivity index (χ4v) is 9.09. The third-order valence-electron chi connectivity index (χ3n) is 12.5. The monoisotopic (exact) mass is 1100 g/mol. The third-order valence-corrected chi connectivity index (χ3v) is 13.9.